The molecule has 0 aliphatic rings. The summed E-state index contributed by atoms with van der Waals surface area (Å²) in [5.74, 6) is -0.747. The second-order valence-corrected chi connectivity index (χ2v) is 7.78. The van der Waals surface area contributed by atoms with Gasteiger partial charge in [0, 0.05) is 19.6 Å². The van der Waals surface area contributed by atoms with Crippen LogP contribution in [0.15, 0.2) is 21.7 Å². The molecule has 128 valence electrons. The molecule has 11 nitrogen and oxygen atoms in total. The summed E-state index contributed by atoms with van der Waals surface area (Å²) in [7, 11) is -8.33. The van der Waals surface area contributed by atoms with Crippen LogP contribution in [0.2, 0.25) is 0 Å². The maximum Gasteiger partial charge on any atom is 0.266 e. The van der Waals surface area contributed by atoms with Gasteiger partial charge in [0.2, 0.25) is 10.0 Å². The van der Waals surface area contributed by atoms with Crippen molar-refractivity contribution in [1.29, 1.82) is 0 Å². The van der Waals surface area contributed by atoms with Crippen LogP contribution in [-0.2, 0) is 20.1 Å². The van der Waals surface area contributed by atoms with Crippen LogP contribution in [0.1, 0.15) is 0 Å². The molecule has 0 aliphatic heterocycles. The van der Waals surface area contributed by atoms with Crippen LogP contribution in [0, 0.1) is 0 Å². The van der Waals surface area contributed by atoms with Gasteiger partial charge in [-0.2, -0.15) is 8.42 Å². The van der Waals surface area contributed by atoms with E-state index < -0.39 is 32.4 Å². The summed E-state index contributed by atoms with van der Waals surface area (Å²) in [6, 6.07) is 2.75. The van der Waals surface area contributed by atoms with Gasteiger partial charge in [0.15, 0.2) is 11.0 Å². The highest BCUT2D eigenvalue weighted by atomic mass is 32.2. The van der Waals surface area contributed by atoms with E-state index in [1.165, 1.54) is 12.1 Å². The van der Waals surface area contributed by atoms with E-state index in [0.717, 1.165) is 0 Å². The number of hydrogen-bond donors (Lipinski definition) is 4. The Kier molecular flexibility index (Phi) is 5.16. The van der Waals surface area contributed by atoms with Gasteiger partial charge in [-0.25, -0.2) is 17.8 Å². The number of hydrogen-bond acceptors (Lipinski definition) is 9. The highest BCUT2D eigenvalue weighted by molar-refractivity contribution is 7.90. The molecule has 0 aliphatic carbocycles. The Balaban J connectivity index is 2.30. The Morgan fingerprint density at radius 3 is 2.48 bits per heavy atom. The first-order valence-corrected chi connectivity index (χ1v) is 9.48. The average molecular weight is 365 g/mol. The minimum absolute atomic E-state index is 0.00798. The fraction of sp³-hybridized carbons (Fsp3) is 0.400. The zero-order valence-electron chi connectivity index (χ0n) is 11.8. The Hall–Kier alpha value is -1.80. The van der Waals surface area contributed by atoms with Gasteiger partial charge in [-0.15, -0.1) is 0 Å². The van der Waals surface area contributed by atoms with Crippen molar-refractivity contribution >= 4 is 36.9 Å². The van der Waals surface area contributed by atoms with E-state index in [4.69, 9.17) is 10.3 Å². The number of aromatic nitrogens is 2. The van der Waals surface area contributed by atoms with Crippen molar-refractivity contribution in [3.63, 3.8) is 0 Å². The molecule has 0 unspecified atom stereocenters. The highest BCUT2D eigenvalue weighted by Crippen LogP contribution is 2.26. The predicted octanol–water partition coefficient (Wildman–Crippen LogP) is -1.24. The van der Waals surface area contributed by atoms with Gasteiger partial charge in [0.05, 0.1) is 11.4 Å². The molecule has 0 radical (unpaired) electrons. The number of anilines is 1. The number of rotatable bonds is 8. The lowest BCUT2D eigenvalue weighted by atomic mass is 10.2. The molecule has 23 heavy (non-hydrogen) atoms. The molecule has 1 aromatic carbocycles. The van der Waals surface area contributed by atoms with Crippen LogP contribution in [0.3, 0.4) is 0 Å². The lowest BCUT2D eigenvalue weighted by Crippen LogP contribution is -2.29. The number of nitrogens with two attached hydrogens (primary N) is 1. The van der Waals surface area contributed by atoms with E-state index in [1.54, 1.807) is 0 Å². The Morgan fingerprint density at radius 2 is 1.83 bits per heavy atom. The number of nitrogens with one attached hydrogen (secondary N) is 2. The number of sulfonamides is 1. The van der Waals surface area contributed by atoms with Gasteiger partial charge in [-0.3, -0.25) is 4.55 Å². The van der Waals surface area contributed by atoms with Crippen molar-refractivity contribution in [2.24, 2.45) is 5.73 Å². The molecule has 13 heteroatoms. The van der Waals surface area contributed by atoms with Gasteiger partial charge < -0.3 is 11.1 Å². The molecule has 0 saturated heterocycles. The van der Waals surface area contributed by atoms with Crippen molar-refractivity contribution < 1.29 is 26.0 Å². The van der Waals surface area contributed by atoms with Crippen LogP contribution in [-0.4, -0.2) is 57.1 Å². The fourth-order valence-corrected chi connectivity index (χ4v) is 3.44. The lowest BCUT2D eigenvalue weighted by molar-refractivity contribution is 0.315. The molecule has 0 amide bonds. The molecule has 1 aromatic heterocycles. The van der Waals surface area contributed by atoms with Crippen LogP contribution in [0.25, 0.3) is 11.0 Å². The van der Waals surface area contributed by atoms with E-state index in [0.29, 0.717) is 18.8 Å². The van der Waals surface area contributed by atoms with Crippen molar-refractivity contribution in [1.82, 2.24) is 15.0 Å². The van der Waals surface area contributed by atoms with Crippen LogP contribution in [0.4, 0.5) is 5.69 Å². The normalized spacial score (nSPS) is 12.6. The van der Waals surface area contributed by atoms with Crippen molar-refractivity contribution in [2.75, 3.05) is 30.7 Å². The lowest BCUT2D eigenvalue weighted by Gasteiger charge is -2.08. The second kappa shape index (κ2) is 6.76. The minimum atomic E-state index is -4.27. The molecule has 2 aromatic rings. The maximum atomic E-state index is 12.2. The highest BCUT2D eigenvalue weighted by Gasteiger charge is 2.22. The third-order valence-corrected chi connectivity index (χ3v) is 4.99. The first-order chi connectivity index (χ1) is 10.7. The van der Waals surface area contributed by atoms with E-state index in [-0.39, 0.29) is 15.9 Å². The first kappa shape index (κ1) is 17.6. The summed E-state index contributed by atoms with van der Waals surface area (Å²) in [5.41, 5.74) is 6.09. The number of nitrogens with zero attached hydrogens (tertiary/aromatic N) is 2. The van der Waals surface area contributed by atoms with Crippen LogP contribution in [0.5, 0.6) is 0 Å². The molecule has 0 fully saturated rings. The first-order valence-electron chi connectivity index (χ1n) is 6.38. The maximum absolute atomic E-state index is 12.2. The molecule has 2 rings (SSSR count). The van der Waals surface area contributed by atoms with Gasteiger partial charge in [-0.1, -0.05) is 0 Å². The third-order valence-electron chi connectivity index (χ3n) is 2.78. The zero-order chi connectivity index (χ0) is 17.1. The molecule has 0 saturated carbocycles. The molecular formula is C10H15N5O6S2. The van der Waals surface area contributed by atoms with E-state index >= 15 is 0 Å². The van der Waals surface area contributed by atoms with Crippen molar-refractivity contribution in [3.05, 3.63) is 12.1 Å². The van der Waals surface area contributed by atoms with Gasteiger partial charge in [0.25, 0.3) is 10.1 Å². The predicted molar refractivity (Wildman–Crippen MR) is 81.0 cm³/mol. The van der Waals surface area contributed by atoms with E-state index in [1.807, 2.05) is 0 Å². The second-order valence-electron chi connectivity index (χ2n) is 4.47. The fourth-order valence-electron chi connectivity index (χ4n) is 1.79. The van der Waals surface area contributed by atoms with Crippen molar-refractivity contribution in [3.8, 4) is 0 Å². The standard InChI is InChI=1S/C10H15N5O6S2/c11-3-4-12-7-1-2-8(10-9(7)14-21-15-10)23(19,20)13-5-6-22(16,17)18/h1-2,12-13H,3-6,11H2,(H,16,17,18). The van der Waals surface area contributed by atoms with E-state index in [9.17, 15) is 16.8 Å². The summed E-state index contributed by atoms with van der Waals surface area (Å²) in [5, 5.41) is 10.2. The summed E-state index contributed by atoms with van der Waals surface area (Å²) in [6.07, 6.45) is 0. The largest absolute Gasteiger partial charge is 0.382 e. The van der Waals surface area contributed by atoms with Gasteiger partial charge in [-0.05, 0) is 22.4 Å². The molecular weight excluding hydrogens is 350 g/mol. The molecule has 0 atom stereocenters. The molecule has 0 bridgehead atoms. The quantitative estimate of drug-likeness (QED) is 0.413. The van der Waals surface area contributed by atoms with Crippen LogP contribution < -0.4 is 15.8 Å². The Morgan fingerprint density at radius 1 is 1.13 bits per heavy atom. The summed E-state index contributed by atoms with van der Waals surface area (Å²) in [6.45, 7) is 0.325. The Labute approximate surface area is 132 Å². The summed E-state index contributed by atoms with van der Waals surface area (Å²) in [4.78, 5) is -0.220. The minimum Gasteiger partial charge on any atom is -0.382 e. The Bertz CT molecular complexity index is 892. The summed E-state index contributed by atoms with van der Waals surface area (Å²) >= 11 is 0. The number of fused-ring (bicyclic) bond motifs is 1. The summed E-state index contributed by atoms with van der Waals surface area (Å²) < 4.78 is 61.0. The zero-order valence-corrected chi connectivity index (χ0v) is 13.4. The van der Waals surface area contributed by atoms with Crippen molar-refractivity contribution in [2.45, 2.75) is 4.90 Å². The molecule has 0 spiro atoms. The molecule has 1 heterocycles. The third kappa shape index (κ3) is 4.35. The van der Waals surface area contributed by atoms with Gasteiger partial charge in [0.1, 0.15) is 4.90 Å². The SMILES string of the molecule is NCCNc1ccc(S(=O)(=O)NCCS(=O)(=O)O)c2nonc12. The monoisotopic (exact) mass is 365 g/mol. The topological polar surface area (TPSA) is 178 Å². The number of benzene rings is 1. The smallest absolute Gasteiger partial charge is 0.266 e. The average Bonchev–Trinajstić information content (AvgIpc) is 2.92. The van der Waals surface area contributed by atoms with E-state index in [2.05, 4.69) is 25.0 Å². The molecule has 5 N–H and O–H groups in total. The van der Waals surface area contributed by atoms with Crippen LogP contribution >= 0.6 is 0 Å². The van der Waals surface area contributed by atoms with Gasteiger partial charge >= 0.3 is 0 Å².